The van der Waals surface area contributed by atoms with E-state index in [9.17, 15) is 4.79 Å². The highest BCUT2D eigenvalue weighted by Crippen LogP contribution is 2.42. The Bertz CT molecular complexity index is 559. The maximum absolute atomic E-state index is 11.5. The van der Waals surface area contributed by atoms with Gasteiger partial charge >= 0.3 is 0 Å². The van der Waals surface area contributed by atoms with Gasteiger partial charge < -0.3 is 11.1 Å². The Labute approximate surface area is 125 Å². The minimum absolute atomic E-state index is 0.176. The van der Waals surface area contributed by atoms with E-state index in [-0.39, 0.29) is 11.9 Å². The van der Waals surface area contributed by atoms with Crippen molar-refractivity contribution in [3.05, 3.63) is 35.4 Å². The minimum atomic E-state index is 0.176. The van der Waals surface area contributed by atoms with Crippen molar-refractivity contribution in [3.63, 3.8) is 0 Å². The third kappa shape index (κ3) is 2.27. The van der Waals surface area contributed by atoms with Crippen LogP contribution in [0.15, 0.2) is 24.3 Å². The third-order valence-electron chi connectivity index (χ3n) is 5.53. The predicted molar refractivity (Wildman–Crippen MR) is 81.6 cm³/mol. The van der Waals surface area contributed by atoms with Crippen molar-refractivity contribution >= 4 is 5.91 Å². The average molecular weight is 285 g/mol. The number of carbonyl (C=O) groups excluding carboxylic acids is 1. The third-order valence-corrected chi connectivity index (χ3v) is 5.53. The fourth-order valence-corrected chi connectivity index (χ4v) is 4.41. The summed E-state index contributed by atoms with van der Waals surface area (Å²) in [6.07, 6.45) is 3.83. The van der Waals surface area contributed by atoms with E-state index < -0.39 is 0 Å². The van der Waals surface area contributed by atoms with Crippen LogP contribution in [0.25, 0.3) is 0 Å². The van der Waals surface area contributed by atoms with E-state index in [2.05, 4.69) is 34.5 Å². The zero-order chi connectivity index (χ0) is 14.4. The Kier molecular flexibility index (Phi) is 3.23. The second-order valence-electron chi connectivity index (χ2n) is 6.74. The molecule has 112 valence electrons. The topological polar surface area (TPSA) is 58.4 Å². The zero-order valence-corrected chi connectivity index (χ0v) is 12.3. The lowest BCUT2D eigenvalue weighted by molar-refractivity contribution is -0.125. The highest BCUT2D eigenvalue weighted by Gasteiger charge is 2.39. The van der Waals surface area contributed by atoms with Crippen molar-refractivity contribution < 1.29 is 4.79 Å². The van der Waals surface area contributed by atoms with Gasteiger partial charge in [0, 0.05) is 37.6 Å². The van der Waals surface area contributed by atoms with E-state index in [0.29, 0.717) is 24.4 Å². The summed E-state index contributed by atoms with van der Waals surface area (Å²) in [7, 11) is 0. The molecule has 1 aromatic rings. The van der Waals surface area contributed by atoms with E-state index >= 15 is 0 Å². The van der Waals surface area contributed by atoms with Crippen molar-refractivity contribution in [3.8, 4) is 0 Å². The fourth-order valence-electron chi connectivity index (χ4n) is 4.41. The van der Waals surface area contributed by atoms with Gasteiger partial charge in [-0.1, -0.05) is 24.3 Å². The van der Waals surface area contributed by atoms with Crippen LogP contribution >= 0.6 is 0 Å². The Hall–Kier alpha value is -1.39. The summed E-state index contributed by atoms with van der Waals surface area (Å²) in [5, 5.41) is 3.17. The summed E-state index contributed by atoms with van der Waals surface area (Å²) in [6.45, 7) is 2.16. The zero-order valence-electron chi connectivity index (χ0n) is 12.3. The van der Waals surface area contributed by atoms with E-state index in [4.69, 9.17) is 5.73 Å². The normalized spacial score (nSPS) is 36.0. The van der Waals surface area contributed by atoms with Crippen molar-refractivity contribution in [2.24, 2.45) is 11.7 Å². The number of nitrogens with two attached hydrogens (primary N) is 1. The second-order valence-corrected chi connectivity index (χ2v) is 6.74. The molecule has 0 bridgehead atoms. The molecule has 3 N–H and O–H groups in total. The average Bonchev–Trinajstić information content (AvgIpc) is 2.84. The van der Waals surface area contributed by atoms with Crippen LogP contribution in [0.3, 0.4) is 0 Å². The molecule has 0 spiro atoms. The first kappa shape index (κ1) is 13.3. The molecule has 4 heteroatoms. The van der Waals surface area contributed by atoms with Gasteiger partial charge in [-0.2, -0.15) is 0 Å². The summed E-state index contributed by atoms with van der Waals surface area (Å²) in [6, 6.07) is 9.66. The van der Waals surface area contributed by atoms with Gasteiger partial charge in [0.25, 0.3) is 0 Å². The molecule has 3 aliphatic rings. The van der Waals surface area contributed by atoms with Crippen molar-refractivity contribution in [2.75, 3.05) is 13.1 Å². The van der Waals surface area contributed by atoms with Crippen LogP contribution in [0, 0.1) is 5.92 Å². The number of rotatable bonds is 1. The van der Waals surface area contributed by atoms with Crippen LogP contribution in [0.2, 0.25) is 0 Å². The van der Waals surface area contributed by atoms with Crippen molar-refractivity contribution in [1.82, 2.24) is 10.2 Å². The molecule has 4 nitrogen and oxygen atoms in total. The molecule has 4 unspecified atom stereocenters. The summed E-state index contributed by atoms with van der Waals surface area (Å²) in [5.74, 6) is 0.846. The molecule has 2 aliphatic heterocycles. The lowest BCUT2D eigenvalue weighted by atomic mass is 9.84. The smallest absolute Gasteiger partial charge is 0.220 e. The van der Waals surface area contributed by atoms with E-state index in [0.717, 1.165) is 32.4 Å². The first-order valence-electron chi connectivity index (χ1n) is 8.10. The number of nitrogens with one attached hydrogen (secondary N) is 1. The Morgan fingerprint density at radius 2 is 2.00 bits per heavy atom. The van der Waals surface area contributed by atoms with Crippen LogP contribution in [0.4, 0.5) is 0 Å². The largest absolute Gasteiger partial charge is 0.353 e. The quantitative estimate of drug-likeness (QED) is 0.826. The van der Waals surface area contributed by atoms with Gasteiger partial charge in [-0.05, 0) is 36.3 Å². The summed E-state index contributed by atoms with van der Waals surface area (Å²) < 4.78 is 0. The number of hydrogen-bond donors (Lipinski definition) is 2. The molecular formula is C17H23N3O. The first-order chi connectivity index (χ1) is 10.2. The van der Waals surface area contributed by atoms with Gasteiger partial charge in [-0.3, -0.25) is 9.69 Å². The second kappa shape index (κ2) is 5.11. The monoisotopic (exact) mass is 285 g/mol. The minimum Gasteiger partial charge on any atom is -0.353 e. The molecule has 4 atom stereocenters. The van der Waals surface area contributed by atoms with Crippen LogP contribution in [-0.2, 0) is 4.79 Å². The molecule has 0 aromatic heterocycles. The Morgan fingerprint density at radius 3 is 2.86 bits per heavy atom. The molecule has 2 heterocycles. The Morgan fingerprint density at radius 1 is 1.19 bits per heavy atom. The maximum atomic E-state index is 11.5. The molecule has 2 fully saturated rings. The highest BCUT2D eigenvalue weighted by atomic mass is 16.1. The van der Waals surface area contributed by atoms with Crippen molar-refractivity contribution in [2.45, 2.75) is 43.8 Å². The lowest BCUT2D eigenvalue weighted by Gasteiger charge is -2.43. The summed E-state index contributed by atoms with van der Waals surface area (Å²) in [4.78, 5) is 14.1. The molecule has 4 rings (SSSR count). The molecule has 1 aromatic carbocycles. The molecular weight excluding hydrogens is 262 g/mol. The maximum Gasteiger partial charge on any atom is 0.220 e. The molecule has 0 radical (unpaired) electrons. The van der Waals surface area contributed by atoms with Gasteiger partial charge in [0.2, 0.25) is 5.91 Å². The van der Waals surface area contributed by atoms with Crippen LogP contribution in [0.5, 0.6) is 0 Å². The summed E-state index contributed by atoms with van der Waals surface area (Å²) >= 11 is 0. The SMILES string of the molecule is NC1CC(N2CCC3NC(=O)CCC3C2)c2ccccc21. The summed E-state index contributed by atoms with van der Waals surface area (Å²) in [5.41, 5.74) is 9.05. The van der Waals surface area contributed by atoms with Gasteiger partial charge in [0.05, 0.1) is 0 Å². The first-order valence-corrected chi connectivity index (χ1v) is 8.10. The van der Waals surface area contributed by atoms with Crippen molar-refractivity contribution in [1.29, 1.82) is 0 Å². The standard InChI is InChI=1S/C17H23N3O/c18-14-9-16(13-4-2-1-3-12(13)14)20-8-7-15-11(10-20)5-6-17(21)19-15/h1-4,11,14-16H,5-10,18H2,(H,19,21). The number of amides is 1. The van der Waals surface area contributed by atoms with Crippen LogP contribution in [-0.4, -0.2) is 29.9 Å². The van der Waals surface area contributed by atoms with Gasteiger partial charge in [-0.25, -0.2) is 0 Å². The van der Waals surface area contributed by atoms with E-state index in [1.54, 1.807) is 0 Å². The van der Waals surface area contributed by atoms with E-state index in [1.165, 1.54) is 11.1 Å². The lowest BCUT2D eigenvalue weighted by Crippen LogP contribution is -2.54. The highest BCUT2D eigenvalue weighted by molar-refractivity contribution is 5.77. The van der Waals surface area contributed by atoms with Gasteiger partial charge in [0.1, 0.15) is 0 Å². The Balaban J connectivity index is 1.52. The molecule has 0 saturated carbocycles. The number of nitrogens with zero attached hydrogens (tertiary/aromatic N) is 1. The number of carbonyl (C=O) groups is 1. The van der Waals surface area contributed by atoms with Gasteiger partial charge in [-0.15, -0.1) is 0 Å². The molecule has 2 saturated heterocycles. The molecule has 1 aliphatic carbocycles. The van der Waals surface area contributed by atoms with E-state index in [1.807, 2.05) is 0 Å². The number of fused-ring (bicyclic) bond motifs is 2. The number of piperidine rings is 2. The molecule has 1 amide bonds. The molecule has 21 heavy (non-hydrogen) atoms. The van der Waals surface area contributed by atoms with Crippen LogP contribution in [0.1, 0.15) is 48.9 Å². The number of hydrogen-bond acceptors (Lipinski definition) is 3. The number of benzene rings is 1. The number of likely N-dealkylation sites (tertiary alicyclic amines) is 1. The predicted octanol–water partition coefficient (Wildman–Crippen LogP) is 1.73. The van der Waals surface area contributed by atoms with Gasteiger partial charge in [0.15, 0.2) is 0 Å². The fraction of sp³-hybridized carbons (Fsp3) is 0.588. The van der Waals surface area contributed by atoms with Crippen LogP contribution < -0.4 is 11.1 Å².